The van der Waals surface area contributed by atoms with E-state index < -0.39 is 0 Å². The summed E-state index contributed by atoms with van der Waals surface area (Å²) in [5.41, 5.74) is 0. The molecule has 0 bridgehead atoms. The molecule has 1 N–H and O–H groups in total. The molecule has 0 saturated carbocycles. The maximum absolute atomic E-state index is 9.20. The van der Waals surface area contributed by atoms with Gasteiger partial charge in [-0.25, -0.2) is 0 Å². The van der Waals surface area contributed by atoms with Gasteiger partial charge >= 0.3 is 0 Å². The Bertz CT molecular complexity index is 160. The molecule has 0 aromatic heterocycles. The highest BCUT2D eigenvalue weighted by Gasteiger charge is 2.09. The van der Waals surface area contributed by atoms with Gasteiger partial charge in [0, 0.05) is 39.3 Å². The molecule has 0 radical (unpaired) electrons. The first kappa shape index (κ1) is 19.1. The molecule has 0 rings (SSSR count). The van der Waals surface area contributed by atoms with Gasteiger partial charge in [-0.3, -0.25) is 0 Å². The summed E-state index contributed by atoms with van der Waals surface area (Å²) in [6.45, 7) is 0.261. The van der Waals surface area contributed by atoms with Gasteiger partial charge in [0.15, 0.2) is 0 Å². The molecule has 1 nitrogen and oxygen atoms in total. The molecule has 17 heavy (non-hydrogen) atoms. The monoisotopic (exact) mass is 350 g/mol. The van der Waals surface area contributed by atoms with E-state index >= 15 is 0 Å². The van der Waals surface area contributed by atoms with Crippen LogP contribution in [0.5, 0.6) is 0 Å². The summed E-state index contributed by atoms with van der Waals surface area (Å²) in [5.74, 6) is 7.07. The lowest BCUT2D eigenvalue weighted by molar-refractivity contribution is 0.301. The molecule has 0 spiro atoms. The zero-order chi connectivity index (χ0) is 12.9. The van der Waals surface area contributed by atoms with E-state index in [9.17, 15) is 5.11 Å². The third kappa shape index (κ3) is 12.8. The van der Waals surface area contributed by atoms with Gasteiger partial charge in [0.1, 0.15) is 0 Å². The van der Waals surface area contributed by atoms with Crippen LogP contribution < -0.4 is 0 Å². The number of hydrogen-bond acceptors (Lipinski definition) is 7. The van der Waals surface area contributed by atoms with Crippen LogP contribution in [0.15, 0.2) is 0 Å². The predicted octanol–water partition coefficient (Wildman–Crippen LogP) is 2.70. The lowest BCUT2D eigenvalue weighted by Crippen LogP contribution is -2.15. The molecule has 0 fully saturated rings. The quantitative estimate of drug-likeness (QED) is 0.320. The number of thioether (sulfide) groups is 3. The molecular weight excluding hydrogens is 329 g/mol. The highest BCUT2D eigenvalue weighted by atomic mass is 32.2. The summed E-state index contributed by atoms with van der Waals surface area (Å²) in [4.78, 5) is 0. The predicted molar refractivity (Wildman–Crippen MR) is 98.5 cm³/mol. The number of thiol groups is 3. The van der Waals surface area contributed by atoms with Gasteiger partial charge in [0.05, 0.1) is 6.61 Å². The number of rotatable bonds is 12. The minimum atomic E-state index is 0.261. The Kier molecular flexibility index (Phi) is 16.2. The van der Waals surface area contributed by atoms with Gasteiger partial charge in [-0.2, -0.15) is 73.2 Å². The SMILES string of the molecule is OCC(CSCC(S)CSCCS)SCCS. The van der Waals surface area contributed by atoms with Crippen LogP contribution in [0.1, 0.15) is 0 Å². The van der Waals surface area contributed by atoms with Crippen molar-refractivity contribution in [3.63, 3.8) is 0 Å². The molecule has 104 valence electrons. The summed E-state index contributed by atoms with van der Waals surface area (Å²) in [5, 5.41) is 9.99. The molecule has 0 aliphatic carbocycles. The summed E-state index contributed by atoms with van der Waals surface area (Å²) >= 11 is 18.5. The van der Waals surface area contributed by atoms with E-state index in [0.29, 0.717) is 10.5 Å². The molecule has 0 aromatic rings. The van der Waals surface area contributed by atoms with Crippen molar-refractivity contribution in [1.82, 2.24) is 0 Å². The summed E-state index contributed by atoms with van der Waals surface area (Å²) in [6, 6.07) is 0. The minimum absolute atomic E-state index is 0.261. The van der Waals surface area contributed by atoms with Crippen LogP contribution in [0.4, 0.5) is 0 Å². The Hall–Kier alpha value is 2.06. The molecular formula is C10H22OS6. The summed E-state index contributed by atoms with van der Waals surface area (Å²) in [7, 11) is 0. The average Bonchev–Trinajstić information content (AvgIpc) is 2.34. The van der Waals surface area contributed by atoms with Crippen molar-refractivity contribution >= 4 is 73.2 Å². The molecule has 0 aliphatic heterocycles. The van der Waals surface area contributed by atoms with Crippen molar-refractivity contribution in [2.75, 3.05) is 46.9 Å². The van der Waals surface area contributed by atoms with E-state index in [1.54, 1.807) is 0 Å². The maximum atomic E-state index is 9.20. The lowest BCUT2D eigenvalue weighted by Gasteiger charge is -2.14. The average molecular weight is 351 g/mol. The summed E-state index contributed by atoms with van der Waals surface area (Å²) in [6.07, 6.45) is 0. The maximum Gasteiger partial charge on any atom is 0.0558 e. The molecule has 2 unspecified atom stereocenters. The third-order valence-corrected chi connectivity index (χ3v) is 7.56. The fourth-order valence-corrected chi connectivity index (χ4v) is 5.32. The van der Waals surface area contributed by atoms with Gasteiger partial charge in [0.25, 0.3) is 0 Å². The topological polar surface area (TPSA) is 20.2 Å². The smallest absolute Gasteiger partial charge is 0.0558 e. The van der Waals surface area contributed by atoms with Crippen molar-refractivity contribution in [2.24, 2.45) is 0 Å². The van der Waals surface area contributed by atoms with Gasteiger partial charge in [0.2, 0.25) is 0 Å². The van der Waals surface area contributed by atoms with E-state index in [2.05, 4.69) is 37.9 Å². The van der Waals surface area contributed by atoms with Crippen LogP contribution in [0, 0.1) is 0 Å². The van der Waals surface area contributed by atoms with Gasteiger partial charge in [-0.1, -0.05) is 0 Å². The highest BCUT2D eigenvalue weighted by molar-refractivity contribution is 8.04. The first-order chi connectivity index (χ1) is 8.24. The molecule has 0 aromatic carbocycles. The van der Waals surface area contributed by atoms with Crippen LogP contribution in [-0.2, 0) is 0 Å². The number of hydrogen-bond donors (Lipinski definition) is 4. The first-order valence-corrected chi connectivity index (χ1v) is 10.7. The van der Waals surface area contributed by atoms with Gasteiger partial charge < -0.3 is 5.11 Å². The zero-order valence-electron chi connectivity index (χ0n) is 9.83. The minimum Gasteiger partial charge on any atom is -0.395 e. The van der Waals surface area contributed by atoms with Crippen molar-refractivity contribution in [3.8, 4) is 0 Å². The van der Waals surface area contributed by atoms with Gasteiger partial charge in [-0.05, 0) is 11.5 Å². The second-order valence-electron chi connectivity index (χ2n) is 3.39. The first-order valence-electron chi connectivity index (χ1n) is 5.52. The third-order valence-electron chi connectivity index (χ3n) is 1.81. The zero-order valence-corrected chi connectivity index (χ0v) is 15.0. The van der Waals surface area contributed by atoms with Crippen molar-refractivity contribution in [1.29, 1.82) is 0 Å². The van der Waals surface area contributed by atoms with Crippen molar-refractivity contribution in [3.05, 3.63) is 0 Å². The Labute approximate surface area is 135 Å². The van der Waals surface area contributed by atoms with E-state index in [1.807, 2.05) is 35.3 Å². The van der Waals surface area contributed by atoms with Crippen LogP contribution in [-0.4, -0.2) is 62.5 Å². The fourth-order valence-electron chi connectivity index (χ4n) is 1.04. The van der Waals surface area contributed by atoms with E-state index in [0.717, 1.165) is 40.3 Å². The Balaban J connectivity index is 3.45. The normalized spacial score (nSPS) is 14.8. The number of aliphatic hydroxyl groups excluding tert-OH is 1. The Morgan fingerprint density at radius 2 is 1.59 bits per heavy atom. The van der Waals surface area contributed by atoms with E-state index in [-0.39, 0.29) is 6.61 Å². The van der Waals surface area contributed by atoms with E-state index in [1.165, 1.54) is 0 Å². The molecule has 0 saturated heterocycles. The van der Waals surface area contributed by atoms with E-state index in [4.69, 9.17) is 0 Å². The van der Waals surface area contributed by atoms with Crippen LogP contribution in [0.3, 0.4) is 0 Å². The highest BCUT2D eigenvalue weighted by Crippen LogP contribution is 2.19. The molecule has 0 amide bonds. The molecule has 0 aliphatic rings. The van der Waals surface area contributed by atoms with Gasteiger partial charge in [-0.15, -0.1) is 0 Å². The van der Waals surface area contributed by atoms with Crippen LogP contribution in [0.2, 0.25) is 0 Å². The Morgan fingerprint density at radius 3 is 2.18 bits per heavy atom. The second-order valence-corrected chi connectivity index (χ2v) is 8.65. The second kappa shape index (κ2) is 14.5. The number of aliphatic hydroxyl groups is 1. The van der Waals surface area contributed by atoms with Crippen LogP contribution in [0.25, 0.3) is 0 Å². The van der Waals surface area contributed by atoms with Crippen molar-refractivity contribution in [2.45, 2.75) is 10.5 Å². The molecule has 7 heteroatoms. The summed E-state index contributed by atoms with van der Waals surface area (Å²) < 4.78 is 0. The fraction of sp³-hybridized carbons (Fsp3) is 1.00. The molecule has 2 atom stereocenters. The van der Waals surface area contributed by atoms with Crippen molar-refractivity contribution < 1.29 is 5.11 Å². The Morgan fingerprint density at radius 1 is 0.941 bits per heavy atom. The standard InChI is InChI=1S/C10H22OS6/c11-5-10(17-4-2-13)8-16-7-9(14)6-15-3-1-12/h9-14H,1-8H2. The largest absolute Gasteiger partial charge is 0.395 e. The molecule has 0 heterocycles. The lowest BCUT2D eigenvalue weighted by atomic mass is 10.5. The van der Waals surface area contributed by atoms with Crippen LogP contribution >= 0.6 is 73.2 Å².